The van der Waals surface area contributed by atoms with Gasteiger partial charge in [-0.15, -0.1) is 0 Å². The summed E-state index contributed by atoms with van der Waals surface area (Å²) in [5.74, 6) is 0.803. The van der Waals surface area contributed by atoms with Gasteiger partial charge in [-0.05, 0) is 27.7 Å². The van der Waals surface area contributed by atoms with Crippen molar-refractivity contribution >= 4 is 0 Å². The molecule has 0 saturated heterocycles. The van der Waals surface area contributed by atoms with E-state index in [0.717, 1.165) is 31.0 Å². The summed E-state index contributed by atoms with van der Waals surface area (Å²) < 4.78 is 5.72. The van der Waals surface area contributed by atoms with Gasteiger partial charge in [0.05, 0.1) is 5.69 Å². The number of aryl methyl sites for hydroxylation is 1. The molecule has 0 fully saturated rings. The van der Waals surface area contributed by atoms with Crippen molar-refractivity contribution in [2.45, 2.75) is 46.3 Å². The molecule has 1 aliphatic heterocycles. The first kappa shape index (κ1) is 12.5. The van der Waals surface area contributed by atoms with Crippen LogP contribution in [0.5, 0.6) is 0 Å². The lowest BCUT2D eigenvalue weighted by Crippen LogP contribution is -2.30. The summed E-state index contributed by atoms with van der Waals surface area (Å²) in [5, 5.41) is 3.35. The first-order chi connectivity index (χ1) is 8.04. The lowest BCUT2D eigenvalue weighted by molar-refractivity contribution is -0.0211. The van der Waals surface area contributed by atoms with Gasteiger partial charge in [-0.1, -0.05) is 0 Å². The third-order valence-corrected chi connectivity index (χ3v) is 3.18. The molecule has 17 heavy (non-hydrogen) atoms. The average molecular weight is 235 g/mol. The Bertz CT molecular complexity index is 415. The summed E-state index contributed by atoms with van der Waals surface area (Å²) in [5.41, 5.74) is 3.11. The molecule has 0 aliphatic carbocycles. The topological polar surface area (TPSA) is 47.0 Å². The third-order valence-electron chi connectivity index (χ3n) is 3.18. The van der Waals surface area contributed by atoms with Crippen molar-refractivity contribution in [2.75, 3.05) is 13.2 Å². The molecule has 1 aromatic heterocycles. The number of hydrogen-bond acceptors (Lipinski definition) is 4. The molecular weight excluding hydrogens is 214 g/mol. The molecular formula is C13H21N3O. The molecule has 2 heterocycles. The molecule has 2 rings (SSSR count). The zero-order valence-electron chi connectivity index (χ0n) is 11.1. The van der Waals surface area contributed by atoms with Crippen molar-refractivity contribution in [3.63, 3.8) is 0 Å². The van der Waals surface area contributed by atoms with Gasteiger partial charge < -0.3 is 10.1 Å². The van der Waals surface area contributed by atoms with E-state index in [1.807, 2.05) is 20.8 Å². The van der Waals surface area contributed by atoms with Gasteiger partial charge in [-0.2, -0.15) is 0 Å². The van der Waals surface area contributed by atoms with Crippen LogP contribution in [0.1, 0.15) is 43.5 Å². The van der Waals surface area contributed by atoms with Gasteiger partial charge in [-0.3, -0.25) is 0 Å². The highest BCUT2D eigenvalue weighted by Gasteiger charge is 2.26. The molecule has 4 heteroatoms. The molecule has 0 radical (unpaired) electrons. The second-order valence-electron chi connectivity index (χ2n) is 4.93. The van der Waals surface area contributed by atoms with Gasteiger partial charge in [0.1, 0.15) is 5.60 Å². The van der Waals surface area contributed by atoms with Crippen LogP contribution in [0.25, 0.3) is 0 Å². The van der Waals surface area contributed by atoms with Crippen LogP contribution < -0.4 is 5.32 Å². The van der Waals surface area contributed by atoms with Crippen LogP contribution in [-0.4, -0.2) is 23.1 Å². The number of hydrogen-bond donors (Lipinski definition) is 1. The number of nitrogens with zero attached hydrogens (tertiary/aromatic N) is 2. The minimum atomic E-state index is -0.403. The monoisotopic (exact) mass is 235 g/mol. The first-order valence-corrected chi connectivity index (χ1v) is 6.26. The summed E-state index contributed by atoms with van der Waals surface area (Å²) in [6.45, 7) is 10.7. The molecule has 1 N–H and O–H groups in total. The fraction of sp³-hybridized carbons (Fsp3) is 0.692. The predicted octanol–water partition coefficient (Wildman–Crippen LogP) is 1.70. The van der Waals surface area contributed by atoms with E-state index in [1.54, 1.807) is 0 Å². The molecule has 0 saturated carbocycles. The van der Waals surface area contributed by atoms with E-state index in [9.17, 15) is 0 Å². The van der Waals surface area contributed by atoms with Crippen molar-refractivity contribution in [3.8, 4) is 0 Å². The zero-order valence-corrected chi connectivity index (χ0v) is 11.1. The van der Waals surface area contributed by atoms with E-state index in [-0.39, 0.29) is 0 Å². The number of ether oxygens (including phenoxy) is 1. The quantitative estimate of drug-likeness (QED) is 0.866. The maximum Gasteiger partial charge on any atom is 0.160 e. The predicted molar refractivity (Wildman–Crippen MR) is 66.8 cm³/mol. The second-order valence-corrected chi connectivity index (χ2v) is 4.93. The molecule has 4 nitrogen and oxygen atoms in total. The zero-order chi connectivity index (χ0) is 12.5. The Kier molecular flexibility index (Phi) is 3.45. The van der Waals surface area contributed by atoms with Gasteiger partial charge in [0, 0.05) is 37.4 Å². The second kappa shape index (κ2) is 4.70. The smallest absolute Gasteiger partial charge is 0.160 e. The minimum absolute atomic E-state index is 0.403. The summed E-state index contributed by atoms with van der Waals surface area (Å²) in [4.78, 5) is 9.29. The van der Waals surface area contributed by atoms with Crippen molar-refractivity contribution in [2.24, 2.45) is 0 Å². The van der Waals surface area contributed by atoms with Gasteiger partial charge in [0.2, 0.25) is 0 Å². The Balaban J connectivity index is 2.40. The Hall–Kier alpha value is -1.00. The van der Waals surface area contributed by atoms with E-state index in [1.165, 1.54) is 11.3 Å². The van der Waals surface area contributed by atoms with Crippen LogP contribution in [0.3, 0.4) is 0 Å². The van der Waals surface area contributed by atoms with Crippen LogP contribution in [0, 0.1) is 6.92 Å². The van der Waals surface area contributed by atoms with E-state index < -0.39 is 5.60 Å². The van der Waals surface area contributed by atoms with Crippen molar-refractivity contribution < 1.29 is 4.74 Å². The van der Waals surface area contributed by atoms with E-state index in [4.69, 9.17) is 4.74 Å². The Morgan fingerprint density at radius 1 is 1.35 bits per heavy atom. The maximum atomic E-state index is 5.72. The molecule has 0 aromatic carbocycles. The molecule has 0 bridgehead atoms. The molecule has 94 valence electrons. The SMILES string of the molecule is CCOC(C)(C)c1nc(C)c2c(n1)CCNC2. The number of rotatable bonds is 3. The first-order valence-electron chi connectivity index (χ1n) is 6.26. The molecule has 0 atom stereocenters. The highest BCUT2D eigenvalue weighted by Crippen LogP contribution is 2.24. The third kappa shape index (κ3) is 2.48. The lowest BCUT2D eigenvalue weighted by Gasteiger charge is -2.26. The number of nitrogens with one attached hydrogen (secondary N) is 1. The summed E-state index contributed by atoms with van der Waals surface area (Å²) in [7, 11) is 0. The number of fused-ring (bicyclic) bond motifs is 1. The highest BCUT2D eigenvalue weighted by molar-refractivity contribution is 5.28. The molecule has 1 aromatic rings. The Labute approximate surface area is 103 Å². The van der Waals surface area contributed by atoms with Crippen LogP contribution in [0.2, 0.25) is 0 Å². The Morgan fingerprint density at radius 3 is 2.82 bits per heavy atom. The minimum Gasteiger partial charge on any atom is -0.368 e. The summed E-state index contributed by atoms with van der Waals surface area (Å²) >= 11 is 0. The van der Waals surface area contributed by atoms with Crippen molar-refractivity contribution in [3.05, 3.63) is 22.8 Å². The molecule has 1 aliphatic rings. The van der Waals surface area contributed by atoms with Gasteiger partial charge >= 0.3 is 0 Å². The summed E-state index contributed by atoms with van der Waals surface area (Å²) in [6, 6.07) is 0. The van der Waals surface area contributed by atoms with E-state index in [2.05, 4.69) is 22.2 Å². The van der Waals surface area contributed by atoms with Crippen molar-refractivity contribution in [1.29, 1.82) is 0 Å². The summed E-state index contributed by atoms with van der Waals surface area (Å²) in [6.07, 6.45) is 0.980. The van der Waals surface area contributed by atoms with Crippen LogP contribution >= 0.6 is 0 Å². The van der Waals surface area contributed by atoms with Crippen LogP contribution in [-0.2, 0) is 23.3 Å². The largest absolute Gasteiger partial charge is 0.368 e. The van der Waals surface area contributed by atoms with Gasteiger partial charge in [-0.25, -0.2) is 9.97 Å². The van der Waals surface area contributed by atoms with E-state index in [0.29, 0.717) is 6.61 Å². The Morgan fingerprint density at radius 2 is 2.12 bits per heavy atom. The fourth-order valence-electron chi connectivity index (χ4n) is 2.21. The molecule has 0 amide bonds. The molecule has 0 unspecified atom stereocenters. The van der Waals surface area contributed by atoms with E-state index >= 15 is 0 Å². The number of aromatic nitrogens is 2. The van der Waals surface area contributed by atoms with Gasteiger partial charge in [0.15, 0.2) is 5.82 Å². The highest BCUT2D eigenvalue weighted by atomic mass is 16.5. The lowest BCUT2D eigenvalue weighted by atomic mass is 10.0. The van der Waals surface area contributed by atoms with Crippen LogP contribution in [0.15, 0.2) is 0 Å². The average Bonchev–Trinajstić information content (AvgIpc) is 2.29. The van der Waals surface area contributed by atoms with Gasteiger partial charge in [0.25, 0.3) is 0 Å². The normalized spacial score (nSPS) is 15.8. The maximum absolute atomic E-state index is 5.72. The standard InChI is InChI=1S/C13H21N3O/c1-5-17-13(3,4)12-15-9(2)10-8-14-7-6-11(10)16-12/h14H,5-8H2,1-4H3. The van der Waals surface area contributed by atoms with Crippen molar-refractivity contribution in [1.82, 2.24) is 15.3 Å². The fourth-order valence-corrected chi connectivity index (χ4v) is 2.21. The van der Waals surface area contributed by atoms with Crippen LogP contribution in [0.4, 0.5) is 0 Å². The molecule has 0 spiro atoms.